The fraction of sp³-hybridized carbons (Fsp3) is 0.929. The first-order valence-electron chi connectivity index (χ1n) is 8.02. The number of sulfone groups is 1. The van der Waals surface area contributed by atoms with Crippen LogP contribution in [0.3, 0.4) is 0 Å². The summed E-state index contributed by atoms with van der Waals surface area (Å²) in [5.41, 5.74) is 0. The van der Waals surface area contributed by atoms with Crippen LogP contribution in [0.5, 0.6) is 0 Å². The minimum Gasteiger partial charge on any atom is -0.357 e. The first-order chi connectivity index (χ1) is 10.1. The largest absolute Gasteiger partial charge is 0.357 e. The van der Waals surface area contributed by atoms with Crippen molar-refractivity contribution in [2.24, 2.45) is 4.99 Å². The Morgan fingerprint density at radius 2 is 1.86 bits per heavy atom. The monoisotopic (exact) mass is 318 g/mol. The van der Waals surface area contributed by atoms with Crippen LogP contribution in [0.15, 0.2) is 4.99 Å². The van der Waals surface area contributed by atoms with Crippen molar-refractivity contribution in [2.75, 3.05) is 50.8 Å². The van der Waals surface area contributed by atoms with E-state index in [0.717, 1.165) is 38.6 Å². The van der Waals surface area contributed by atoms with Gasteiger partial charge in [-0.25, -0.2) is 8.42 Å². The predicted molar refractivity (Wildman–Crippen MR) is 88.6 cm³/mol. The van der Waals surface area contributed by atoms with E-state index < -0.39 is 9.84 Å². The number of rotatable bonds is 8. The van der Waals surface area contributed by atoms with Gasteiger partial charge in [-0.1, -0.05) is 19.8 Å². The van der Waals surface area contributed by atoms with Gasteiger partial charge in [-0.3, -0.25) is 9.89 Å². The maximum atomic E-state index is 11.4. The molecule has 21 heavy (non-hydrogen) atoms. The average molecular weight is 318 g/mol. The lowest BCUT2D eigenvalue weighted by atomic mass is 10.2. The molecule has 0 aromatic carbocycles. The molecule has 0 atom stereocenters. The fourth-order valence-electron chi connectivity index (χ4n) is 2.20. The van der Waals surface area contributed by atoms with Crippen molar-refractivity contribution in [2.45, 2.75) is 33.1 Å². The topological polar surface area (TPSA) is 73.8 Å². The van der Waals surface area contributed by atoms with Crippen LogP contribution in [-0.2, 0) is 9.84 Å². The van der Waals surface area contributed by atoms with Crippen LogP contribution in [0.2, 0.25) is 0 Å². The Morgan fingerprint density at radius 1 is 1.14 bits per heavy atom. The molecule has 0 aromatic rings. The molecule has 2 N–H and O–H groups in total. The van der Waals surface area contributed by atoms with Gasteiger partial charge < -0.3 is 10.6 Å². The van der Waals surface area contributed by atoms with Gasteiger partial charge in [-0.2, -0.15) is 0 Å². The van der Waals surface area contributed by atoms with Crippen LogP contribution in [0, 0.1) is 0 Å². The molecule has 124 valence electrons. The van der Waals surface area contributed by atoms with E-state index in [1.165, 1.54) is 12.8 Å². The van der Waals surface area contributed by atoms with Crippen LogP contribution in [0.25, 0.3) is 0 Å². The third-order valence-corrected chi connectivity index (χ3v) is 5.14. The second-order valence-electron chi connectivity index (χ2n) is 5.39. The van der Waals surface area contributed by atoms with Gasteiger partial charge in [0.25, 0.3) is 0 Å². The van der Waals surface area contributed by atoms with E-state index in [-0.39, 0.29) is 11.5 Å². The average Bonchev–Trinajstić information content (AvgIpc) is 2.45. The zero-order chi connectivity index (χ0) is 15.6. The van der Waals surface area contributed by atoms with Gasteiger partial charge in [0, 0.05) is 39.3 Å². The maximum absolute atomic E-state index is 11.4. The van der Waals surface area contributed by atoms with Crippen molar-refractivity contribution >= 4 is 15.8 Å². The van der Waals surface area contributed by atoms with Gasteiger partial charge in [-0.05, 0) is 13.3 Å². The molecular formula is C14H30N4O2S. The molecule has 1 fully saturated rings. The summed E-state index contributed by atoms with van der Waals surface area (Å²) >= 11 is 0. The van der Waals surface area contributed by atoms with Crippen LogP contribution in [0.4, 0.5) is 0 Å². The molecule has 1 saturated heterocycles. The summed E-state index contributed by atoms with van der Waals surface area (Å²) < 4.78 is 22.7. The number of unbranched alkanes of at least 4 members (excludes halogenated alkanes) is 2. The Balaban J connectivity index is 2.23. The Morgan fingerprint density at radius 3 is 2.48 bits per heavy atom. The molecule has 0 spiro atoms. The minimum absolute atomic E-state index is 0.290. The van der Waals surface area contributed by atoms with Gasteiger partial charge in [0.2, 0.25) is 0 Å². The lowest BCUT2D eigenvalue weighted by Crippen LogP contribution is -2.46. The Kier molecular flexibility index (Phi) is 8.68. The van der Waals surface area contributed by atoms with Crippen molar-refractivity contribution < 1.29 is 8.42 Å². The van der Waals surface area contributed by atoms with E-state index in [9.17, 15) is 8.42 Å². The van der Waals surface area contributed by atoms with Crippen molar-refractivity contribution in [3.8, 4) is 0 Å². The zero-order valence-corrected chi connectivity index (χ0v) is 14.2. The Hall–Kier alpha value is -0.820. The molecule has 6 nitrogen and oxygen atoms in total. The quantitative estimate of drug-likeness (QED) is 0.386. The first kappa shape index (κ1) is 18.2. The number of aliphatic imine (C=N–C) groups is 1. The second-order valence-corrected chi connectivity index (χ2v) is 7.69. The van der Waals surface area contributed by atoms with Gasteiger partial charge in [-0.15, -0.1) is 0 Å². The molecule has 0 aromatic heterocycles. The van der Waals surface area contributed by atoms with Crippen LogP contribution >= 0.6 is 0 Å². The summed E-state index contributed by atoms with van der Waals surface area (Å²) in [6, 6.07) is 0. The highest BCUT2D eigenvalue weighted by Gasteiger charge is 2.20. The summed E-state index contributed by atoms with van der Waals surface area (Å²) in [6.07, 6.45) is 3.54. The predicted octanol–water partition coefficient (Wildman–Crippen LogP) is 0.462. The minimum atomic E-state index is -2.78. The van der Waals surface area contributed by atoms with Gasteiger partial charge in [0.15, 0.2) is 15.8 Å². The standard InChI is InChI=1S/C14H30N4O2S/c1-3-5-6-7-16-14(15-4-2)17-8-9-18-10-12-21(19,20)13-11-18/h3-13H2,1-2H3,(H2,15,16,17). The number of hydrogen-bond donors (Lipinski definition) is 2. The van der Waals surface area contributed by atoms with E-state index in [0.29, 0.717) is 13.1 Å². The zero-order valence-electron chi connectivity index (χ0n) is 13.4. The number of nitrogens with zero attached hydrogens (tertiary/aromatic N) is 2. The molecule has 0 radical (unpaired) electrons. The molecule has 7 heteroatoms. The molecule has 1 aliphatic rings. The fourth-order valence-corrected chi connectivity index (χ4v) is 3.48. The highest BCUT2D eigenvalue weighted by Crippen LogP contribution is 2.02. The number of guanidine groups is 1. The number of nitrogens with one attached hydrogen (secondary N) is 2. The summed E-state index contributed by atoms with van der Waals surface area (Å²) in [4.78, 5) is 6.73. The molecule has 0 bridgehead atoms. The summed E-state index contributed by atoms with van der Waals surface area (Å²) in [5.74, 6) is 1.44. The van der Waals surface area contributed by atoms with Crippen molar-refractivity contribution in [3.63, 3.8) is 0 Å². The summed E-state index contributed by atoms with van der Waals surface area (Å²) in [5, 5.41) is 6.55. The summed E-state index contributed by atoms with van der Waals surface area (Å²) in [6.45, 7) is 8.88. The van der Waals surface area contributed by atoms with Crippen LogP contribution < -0.4 is 10.6 Å². The van der Waals surface area contributed by atoms with E-state index in [1.54, 1.807) is 0 Å². The molecular weight excluding hydrogens is 288 g/mol. The lowest BCUT2D eigenvalue weighted by Gasteiger charge is -2.26. The Labute approximate surface area is 129 Å². The molecule has 0 aliphatic carbocycles. The van der Waals surface area contributed by atoms with Crippen molar-refractivity contribution in [1.29, 1.82) is 0 Å². The van der Waals surface area contributed by atoms with E-state index in [2.05, 4.69) is 34.4 Å². The van der Waals surface area contributed by atoms with E-state index in [4.69, 9.17) is 0 Å². The third-order valence-electron chi connectivity index (χ3n) is 3.53. The van der Waals surface area contributed by atoms with Crippen LogP contribution in [-0.4, -0.2) is 70.1 Å². The van der Waals surface area contributed by atoms with E-state index >= 15 is 0 Å². The highest BCUT2D eigenvalue weighted by molar-refractivity contribution is 7.91. The van der Waals surface area contributed by atoms with Crippen molar-refractivity contribution in [3.05, 3.63) is 0 Å². The van der Waals surface area contributed by atoms with Crippen molar-refractivity contribution in [1.82, 2.24) is 15.5 Å². The SMILES string of the molecule is CCCCCN=C(NCC)NCCN1CCS(=O)(=O)CC1. The third kappa shape index (κ3) is 8.26. The number of hydrogen-bond acceptors (Lipinski definition) is 4. The summed E-state index contributed by atoms with van der Waals surface area (Å²) in [7, 11) is -2.78. The molecule has 0 unspecified atom stereocenters. The maximum Gasteiger partial charge on any atom is 0.191 e. The lowest BCUT2D eigenvalue weighted by molar-refractivity contribution is 0.299. The Bertz CT molecular complexity index is 395. The smallest absolute Gasteiger partial charge is 0.191 e. The molecule has 1 heterocycles. The van der Waals surface area contributed by atoms with Gasteiger partial charge in [0.05, 0.1) is 11.5 Å². The normalized spacial score (nSPS) is 19.4. The van der Waals surface area contributed by atoms with Crippen LogP contribution in [0.1, 0.15) is 33.1 Å². The molecule has 0 amide bonds. The van der Waals surface area contributed by atoms with Gasteiger partial charge in [0.1, 0.15) is 0 Å². The van der Waals surface area contributed by atoms with E-state index in [1.807, 2.05) is 0 Å². The second kappa shape index (κ2) is 10.00. The van der Waals surface area contributed by atoms with Gasteiger partial charge >= 0.3 is 0 Å². The molecule has 1 rings (SSSR count). The molecule has 0 saturated carbocycles. The molecule has 1 aliphatic heterocycles. The highest BCUT2D eigenvalue weighted by atomic mass is 32.2. The first-order valence-corrected chi connectivity index (χ1v) is 9.84.